The fourth-order valence-corrected chi connectivity index (χ4v) is 4.99. The van der Waals surface area contributed by atoms with Crippen LogP contribution in [0.1, 0.15) is 84.0 Å². The Hall–Kier alpha value is -2.08. The Balaban J connectivity index is 0.990. The van der Waals surface area contributed by atoms with Gasteiger partial charge in [-0.05, 0) is 61.1 Å². The van der Waals surface area contributed by atoms with E-state index in [1.165, 1.54) is 56.1 Å². The summed E-state index contributed by atoms with van der Waals surface area (Å²) in [6, 6.07) is 16.8. The van der Waals surface area contributed by atoms with Crippen molar-refractivity contribution >= 4 is 0 Å². The molecule has 0 N–H and O–H groups in total. The number of hydrogen-bond acceptors (Lipinski definition) is 5. The fraction of sp³-hybridized carbons (Fsp3) is 0.625. The van der Waals surface area contributed by atoms with Gasteiger partial charge in [-0.15, -0.1) is 0 Å². The van der Waals surface area contributed by atoms with Gasteiger partial charge in [0.2, 0.25) is 0 Å². The summed E-state index contributed by atoms with van der Waals surface area (Å²) in [4.78, 5) is 0. The molecule has 2 aliphatic rings. The van der Waals surface area contributed by atoms with Crippen molar-refractivity contribution in [1.29, 1.82) is 0 Å². The summed E-state index contributed by atoms with van der Waals surface area (Å²) in [6.45, 7) is 6.07. The van der Waals surface area contributed by atoms with Gasteiger partial charge in [-0.1, -0.05) is 76.1 Å². The molecule has 2 heterocycles. The first-order valence-corrected chi connectivity index (χ1v) is 14.6. The molecule has 2 saturated heterocycles. The summed E-state index contributed by atoms with van der Waals surface area (Å²) < 4.78 is 29.1. The van der Waals surface area contributed by atoms with Crippen molar-refractivity contribution in [3.63, 3.8) is 0 Å². The van der Waals surface area contributed by atoms with E-state index in [9.17, 15) is 0 Å². The number of ether oxygens (including phenoxy) is 5. The molecule has 5 heteroatoms. The molecule has 204 valence electrons. The van der Waals surface area contributed by atoms with E-state index in [1.807, 2.05) is 0 Å². The van der Waals surface area contributed by atoms with Crippen molar-refractivity contribution < 1.29 is 23.7 Å². The van der Waals surface area contributed by atoms with Crippen LogP contribution in [0.15, 0.2) is 48.5 Å². The molecule has 2 aromatic rings. The Kier molecular flexibility index (Phi) is 11.6. The van der Waals surface area contributed by atoms with Crippen molar-refractivity contribution in [3.8, 4) is 22.6 Å². The van der Waals surface area contributed by atoms with Crippen LogP contribution in [0.3, 0.4) is 0 Å². The fourth-order valence-electron chi connectivity index (χ4n) is 4.99. The zero-order valence-corrected chi connectivity index (χ0v) is 22.8. The minimum absolute atomic E-state index is 0.525. The van der Waals surface area contributed by atoms with Crippen LogP contribution >= 0.6 is 0 Å². The van der Waals surface area contributed by atoms with Crippen LogP contribution in [-0.2, 0) is 14.2 Å². The summed E-state index contributed by atoms with van der Waals surface area (Å²) in [5.41, 5.74) is 2.39. The molecule has 0 saturated carbocycles. The zero-order valence-electron chi connectivity index (χ0n) is 22.8. The molecular formula is C32H46O5. The third-order valence-corrected chi connectivity index (χ3v) is 7.36. The van der Waals surface area contributed by atoms with Gasteiger partial charge in [0.05, 0.1) is 33.0 Å². The number of rotatable bonds is 16. The SMILES string of the molecule is CCCCOc1ccc(-c2ccc(OCCCCCCCCCC3COC4(CCCO4)OC3)cc2)cc1. The monoisotopic (exact) mass is 510 g/mol. The van der Waals surface area contributed by atoms with Crippen LogP contribution in [0.2, 0.25) is 0 Å². The lowest BCUT2D eigenvalue weighted by molar-refractivity contribution is -0.390. The highest BCUT2D eigenvalue weighted by molar-refractivity contribution is 5.64. The van der Waals surface area contributed by atoms with Crippen LogP contribution < -0.4 is 9.47 Å². The molecule has 0 atom stereocenters. The van der Waals surface area contributed by atoms with Crippen LogP contribution in [0.5, 0.6) is 11.5 Å². The maximum atomic E-state index is 5.97. The zero-order chi connectivity index (χ0) is 25.6. The summed E-state index contributed by atoms with van der Waals surface area (Å²) in [7, 11) is 0. The quantitative estimate of drug-likeness (QED) is 0.213. The second-order valence-corrected chi connectivity index (χ2v) is 10.5. The number of benzene rings is 2. The average molecular weight is 511 g/mol. The van der Waals surface area contributed by atoms with E-state index in [1.54, 1.807) is 0 Å². The van der Waals surface area contributed by atoms with E-state index in [2.05, 4.69) is 55.5 Å². The van der Waals surface area contributed by atoms with E-state index in [0.717, 1.165) is 76.6 Å². The highest BCUT2D eigenvalue weighted by atomic mass is 16.9. The third-order valence-electron chi connectivity index (χ3n) is 7.36. The van der Waals surface area contributed by atoms with E-state index in [0.29, 0.717) is 5.92 Å². The second kappa shape index (κ2) is 15.4. The summed E-state index contributed by atoms with van der Waals surface area (Å²) >= 11 is 0. The van der Waals surface area contributed by atoms with Gasteiger partial charge < -0.3 is 23.7 Å². The van der Waals surface area contributed by atoms with Crippen LogP contribution in [0.25, 0.3) is 11.1 Å². The molecule has 37 heavy (non-hydrogen) atoms. The maximum Gasteiger partial charge on any atom is 0.282 e. The molecule has 2 aliphatic heterocycles. The first-order valence-electron chi connectivity index (χ1n) is 14.6. The first kappa shape index (κ1) is 27.9. The van der Waals surface area contributed by atoms with Gasteiger partial charge in [-0.25, -0.2) is 0 Å². The van der Waals surface area contributed by atoms with Crippen LogP contribution in [0, 0.1) is 5.92 Å². The normalized spacial score (nSPS) is 21.4. The molecule has 0 unspecified atom stereocenters. The van der Waals surface area contributed by atoms with Gasteiger partial charge >= 0.3 is 0 Å². The van der Waals surface area contributed by atoms with E-state index in [4.69, 9.17) is 23.7 Å². The Morgan fingerprint density at radius 3 is 1.76 bits per heavy atom. The van der Waals surface area contributed by atoms with E-state index < -0.39 is 5.97 Å². The Labute approximate surface area is 223 Å². The summed E-state index contributed by atoms with van der Waals surface area (Å²) in [6.07, 6.45) is 14.2. The van der Waals surface area contributed by atoms with Gasteiger partial charge in [0, 0.05) is 12.3 Å². The average Bonchev–Trinajstić information content (AvgIpc) is 3.39. The summed E-state index contributed by atoms with van der Waals surface area (Å²) in [5.74, 6) is 1.72. The van der Waals surface area contributed by atoms with Crippen molar-refractivity contribution in [2.75, 3.05) is 33.0 Å². The highest BCUT2D eigenvalue weighted by Crippen LogP contribution is 2.33. The Morgan fingerprint density at radius 1 is 0.676 bits per heavy atom. The Morgan fingerprint density at radius 2 is 1.22 bits per heavy atom. The van der Waals surface area contributed by atoms with Gasteiger partial charge in [-0.2, -0.15) is 0 Å². The lowest BCUT2D eigenvalue weighted by atomic mass is 10.0. The predicted octanol–water partition coefficient (Wildman–Crippen LogP) is 8.16. The minimum atomic E-state index is -0.694. The van der Waals surface area contributed by atoms with Gasteiger partial charge in [-0.3, -0.25) is 0 Å². The Bertz CT molecular complexity index is 863. The molecule has 0 radical (unpaired) electrons. The van der Waals surface area contributed by atoms with E-state index >= 15 is 0 Å². The standard InChI is InChI=1S/C32H46O5/c1-2-3-22-33-30-17-13-28(14-18-30)29-15-19-31(20-16-29)34-23-10-8-6-4-5-7-9-12-27-25-36-32(37-26-27)21-11-24-35-32/h13-20,27H,2-12,21-26H2,1H3. The molecule has 2 fully saturated rings. The molecule has 5 nitrogen and oxygen atoms in total. The lowest BCUT2D eigenvalue weighted by Gasteiger charge is -2.36. The van der Waals surface area contributed by atoms with E-state index in [-0.39, 0.29) is 0 Å². The number of hydrogen-bond donors (Lipinski definition) is 0. The van der Waals surface area contributed by atoms with Gasteiger partial charge in [0.25, 0.3) is 5.97 Å². The second-order valence-electron chi connectivity index (χ2n) is 10.5. The van der Waals surface area contributed by atoms with Crippen molar-refractivity contribution in [1.82, 2.24) is 0 Å². The topological polar surface area (TPSA) is 46.2 Å². The highest BCUT2D eigenvalue weighted by Gasteiger charge is 2.41. The van der Waals surface area contributed by atoms with Gasteiger partial charge in [0.1, 0.15) is 11.5 Å². The van der Waals surface area contributed by atoms with Gasteiger partial charge in [0.15, 0.2) is 0 Å². The van der Waals surface area contributed by atoms with Crippen molar-refractivity contribution in [2.45, 2.75) is 89.9 Å². The molecule has 0 aliphatic carbocycles. The molecular weight excluding hydrogens is 464 g/mol. The molecule has 4 rings (SSSR count). The third kappa shape index (κ3) is 9.31. The molecule has 0 aromatic heterocycles. The predicted molar refractivity (Wildman–Crippen MR) is 148 cm³/mol. The smallest absolute Gasteiger partial charge is 0.282 e. The largest absolute Gasteiger partial charge is 0.494 e. The summed E-state index contributed by atoms with van der Waals surface area (Å²) in [5, 5.41) is 0. The molecule has 1 spiro atoms. The minimum Gasteiger partial charge on any atom is -0.494 e. The molecule has 0 amide bonds. The van der Waals surface area contributed by atoms with Crippen molar-refractivity contribution in [2.24, 2.45) is 5.92 Å². The van der Waals surface area contributed by atoms with Crippen molar-refractivity contribution in [3.05, 3.63) is 48.5 Å². The molecule has 0 bridgehead atoms. The van der Waals surface area contributed by atoms with Crippen LogP contribution in [-0.4, -0.2) is 39.0 Å². The maximum absolute atomic E-state index is 5.97. The first-order chi connectivity index (χ1) is 18.3. The van der Waals surface area contributed by atoms with Crippen LogP contribution in [0.4, 0.5) is 0 Å². The lowest BCUT2D eigenvalue weighted by Crippen LogP contribution is -2.43. The number of unbranched alkanes of at least 4 members (excludes halogenated alkanes) is 7. The molecule has 2 aromatic carbocycles.